The quantitative estimate of drug-likeness (QED) is 0.165. The SMILES string of the molecule is CC1(C)C=C(C=CC2=CC(C)(C)C=C(CCCCC(C)(C)C(=O)O)C2=O)C(=O)C(CCCCC(C)(C)OC=O)=C1. The van der Waals surface area contributed by atoms with E-state index in [0.717, 1.165) is 43.3 Å². The third-order valence-corrected chi connectivity index (χ3v) is 7.62. The summed E-state index contributed by atoms with van der Waals surface area (Å²) in [5.41, 5.74) is 0.791. The second kappa shape index (κ2) is 13.1. The number of carbonyl (C=O) groups excluding carboxylic acids is 3. The number of ketones is 2. The predicted octanol–water partition coefficient (Wildman–Crippen LogP) is 7.65. The molecule has 0 aromatic carbocycles. The van der Waals surface area contributed by atoms with Crippen LogP contribution in [0, 0.1) is 16.2 Å². The van der Waals surface area contributed by atoms with Crippen LogP contribution in [0.25, 0.3) is 0 Å². The number of unbranched alkanes of at least 4 members (excludes halogenated alkanes) is 2. The van der Waals surface area contributed by atoms with E-state index < -0.39 is 17.0 Å². The second-order valence-electron chi connectivity index (χ2n) is 13.7. The van der Waals surface area contributed by atoms with E-state index in [2.05, 4.69) is 27.7 Å². The molecule has 2 aliphatic carbocycles. The summed E-state index contributed by atoms with van der Waals surface area (Å²) in [4.78, 5) is 48.7. The molecule has 2 rings (SSSR count). The molecule has 2 aliphatic rings. The van der Waals surface area contributed by atoms with Gasteiger partial charge in [0.25, 0.3) is 6.47 Å². The standard InChI is InChI=1S/C34H48O6/c1-31(2)19-24(13-9-11-17-33(5,6)30(38)39)28(36)26(21-31)15-16-27-22-32(3,4)20-25(29(27)37)14-10-12-18-34(7,8)40-23-35/h15-16,19-23H,9-14,17-18H2,1-8H3,(H,38,39). The fourth-order valence-electron chi connectivity index (χ4n) is 5.26. The number of aliphatic carboxylic acids is 1. The van der Waals surface area contributed by atoms with Crippen molar-refractivity contribution in [2.75, 3.05) is 0 Å². The van der Waals surface area contributed by atoms with Gasteiger partial charge in [0.2, 0.25) is 0 Å². The molecule has 0 aromatic heterocycles. The Labute approximate surface area is 240 Å². The zero-order valence-electron chi connectivity index (χ0n) is 25.7. The van der Waals surface area contributed by atoms with Gasteiger partial charge < -0.3 is 9.84 Å². The maximum Gasteiger partial charge on any atom is 0.309 e. The Morgan fingerprint density at radius 2 is 1.20 bits per heavy atom. The lowest BCUT2D eigenvalue weighted by atomic mass is 9.77. The third kappa shape index (κ3) is 9.87. The molecule has 0 bridgehead atoms. The van der Waals surface area contributed by atoms with Gasteiger partial charge in [0.15, 0.2) is 11.6 Å². The molecule has 0 spiro atoms. The van der Waals surface area contributed by atoms with Gasteiger partial charge in [-0.15, -0.1) is 0 Å². The summed E-state index contributed by atoms with van der Waals surface area (Å²) in [6.07, 6.45) is 17.1. The van der Waals surface area contributed by atoms with Gasteiger partial charge in [0.1, 0.15) is 5.60 Å². The number of rotatable bonds is 15. The number of hydrogen-bond donors (Lipinski definition) is 1. The summed E-state index contributed by atoms with van der Waals surface area (Å²) < 4.78 is 5.12. The van der Waals surface area contributed by atoms with Crippen LogP contribution in [0.5, 0.6) is 0 Å². The smallest absolute Gasteiger partial charge is 0.309 e. The molecule has 6 heteroatoms. The maximum atomic E-state index is 13.3. The van der Waals surface area contributed by atoms with E-state index in [0.29, 0.717) is 36.9 Å². The number of carbonyl (C=O) groups is 4. The van der Waals surface area contributed by atoms with Crippen molar-refractivity contribution < 1.29 is 29.0 Å². The first kappa shape index (κ1) is 33.2. The Balaban J connectivity index is 2.07. The molecule has 0 saturated carbocycles. The van der Waals surface area contributed by atoms with E-state index in [9.17, 15) is 24.3 Å². The van der Waals surface area contributed by atoms with Crippen molar-refractivity contribution in [3.63, 3.8) is 0 Å². The molecule has 0 heterocycles. The molecule has 0 atom stereocenters. The lowest BCUT2D eigenvalue weighted by Gasteiger charge is -2.26. The van der Waals surface area contributed by atoms with Crippen LogP contribution in [0.15, 0.2) is 58.7 Å². The predicted molar refractivity (Wildman–Crippen MR) is 159 cm³/mol. The Morgan fingerprint density at radius 3 is 1.60 bits per heavy atom. The van der Waals surface area contributed by atoms with Crippen LogP contribution in [0.1, 0.15) is 107 Å². The molecule has 40 heavy (non-hydrogen) atoms. The van der Waals surface area contributed by atoms with E-state index in [4.69, 9.17) is 4.74 Å². The average Bonchev–Trinajstić information content (AvgIpc) is 2.82. The molecule has 0 unspecified atom stereocenters. The Hall–Kier alpha value is -3.02. The van der Waals surface area contributed by atoms with Crippen molar-refractivity contribution >= 4 is 24.0 Å². The van der Waals surface area contributed by atoms with E-state index in [1.54, 1.807) is 26.0 Å². The number of ether oxygens (including phenoxy) is 1. The number of Topliss-reactive ketones (excluding diaryl/α,β-unsaturated/α-hetero) is 2. The lowest BCUT2D eigenvalue weighted by molar-refractivity contribution is -0.147. The van der Waals surface area contributed by atoms with Gasteiger partial charge in [-0.05, 0) is 83.8 Å². The van der Waals surface area contributed by atoms with Gasteiger partial charge in [-0.1, -0.05) is 70.6 Å². The van der Waals surface area contributed by atoms with E-state index in [1.165, 1.54) is 0 Å². The fraction of sp³-hybridized carbons (Fsp3) is 0.588. The Bertz CT molecular complexity index is 1150. The molecule has 0 saturated heterocycles. The summed E-state index contributed by atoms with van der Waals surface area (Å²) in [5.74, 6) is -0.858. The van der Waals surface area contributed by atoms with E-state index in [1.807, 2.05) is 38.2 Å². The summed E-state index contributed by atoms with van der Waals surface area (Å²) in [6.45, 7) is 15.9. The molecule has 0 fully saturated rings. The first-order chi connectivity index (χ1) is 18.4. The molecule has 0 aromatic rings. The first-order valence-corrected chi connectivity index (χ1v) is 14.4. The van der Waals surface area contributed by atoms with Crippen molar-refractivity contribution in [2.45, 2.75) is 112 Å². The van der Waals surface area contributed by atoms with Crippen LogP contribution in [-0.2, 0) is 23.9 Å². The Morgan fingerprint density at radius 1 is 0.775 bits per heavy atom. The number of carboxylic acid groups (broad SMARTS) is 1. The van der Waals surface area contributed by atoms with Crippen molar-refractivity contribution in [3.05, 3.63) is 58.7 Å². The lowest BCUT2D eigenvalue weighted by Crippen LogP contribution is -2.23. The number of carboxylic acids is 1. The van der Waals surface area contributed by atoms with Crippen LogP contribution in [-0.4, -0.2) is 34.7 Å². The van der Waals surface area contributed by atoms with Gasteiger partial charge in [0.05, 0.1) is 5.41 Å². The second-order valence-corrected chi connectivity index (χ2v) is 13.7. The van der Waals surface area contributed by atoms with Gasteiger partial charge in [-0.2, -0.15) is 0 Å². The van der Waals surface area contributed by atoms with Crippen LogP contribution in [0.4, 0.5) is 0 Å². The van der Waals surface area contributed by atoms with Gasteiger partial charge in [-0.25, -0.2) is 0 Å². The molecular formula is C34H48O6. The van der Waals surface area contributed by atoms with E-state index >= 15 is 0 Å². The van der Waals surface area contributed by atoms with Crippen LogP contribution < -0.4 is 0 Å². The van der Waals surface area contributed by atoms with Gasteiger partial charge in [-0.3, -0.25) is 19.2 Å². The minimum absolute atomic E-state index is 0.0149. The first-order valence-electron chi connectivity index (χ1n) is 14.4. The van der Waals surface area contributed by atoms with Crippen molar-refractivity contribution in [2.24, 2.45) is 16.2 Å². The van der Waals surface area contributed by atoms with Crippen molar-refractivity contribution in [1.29, 1.82) is 0 Å². The normalized spacial score (nSPS) is 19.1. The van der Waals surface area contributed by atoms with Crippen LogP contribution in [0.2, 0.25) is 0 Å². The minimum atomic E-state index is -0.808. The molecule has 220 valence electrons. The number of allylic oxidation sites excluding steroid dienone is 10. The van der Waals surface area contributed by atoms with Gasteiger partial charge in [0, 0.05) is 22.0 Å². The third-order valence-electron chi connectivity index (χ3n) is 7.62. The molecule has 1 N–H and O–H groups in total. The van der Waals surface area contributed by atoms with Crippen molar-refractivity contribution in [3.8, 4) is 0 Å². The highest BCUT2D eigenvalue weighted by atomic mass is 16.5. The van der Waals surface area contributed by atoms with Crippen molar-refractivity contribution in [1.82, 2.24) is 0 Å². The molecule has 0 amide bonds. The molecule has 0 aliphatic heterocycles. The minimum Gasteiger partial charge on any atom is -0.481 e. The molecule has 6 nitrogen and oxygen atoms in total. The van der Waals surface area contributed by atoms with Crippen LogP contribution in [0.3, 0.4) is 0 Å². The summed E-state index contributed by atoms with van der Waals surface area (Å²) in [6, 6.07) is 0. The summed E-state index contributed by atoms with van der Waals surface area (Å²) in [7, 11) is 0. The number of hydrogen-bond acceptors (Lipinski definition) is 5. The average molecular weight is 553 g/mol. The fourth-order valence-corrected chi connectivity index (χ4v) is 5.26. The highest BCUT2D eigenvalue weighted by molar-refractivity contribution is 6.13. The summed E-state index contributed by atoms with van der Waals surface area (Å²) in [5, 5.41) is 9.34. The topological polar surface area (TPSA) is 97.7 Å². The molecular weight excluding hydrogens is 504 g/mol. The zero-order chi connectivity index (χ0) is 30.4. The monoisotopic (exact) mass is 552 g/mol. The van der Waals surface area contributed by atoms with Gasteiger partial charge >= 0.3 is 5.97 Å². The highest BCUT2D eigenvalue weighted by Gasteiger charge is 2.29. The maximum absolute atomic E-state index is 13.3. The van der Waals surface area contributed by atoms with E-state index in [-0.39, 0.29) is 22.4 Å². The highest BCUT2D eigenvalue weighted by Crippen LogP contribution is 2.35. The zero-order valence-corrected chi connectivity index (χ0v) is 25.7. The summed E-state index contributed by atoms with van der Waals surface area (Å²) >= 11 is 0. The van der Waals surface area contributed by atoms with Crippen LogP contribution >= 0.6 is 0 Å². The largest absolute Gasteiger partial charge is 0.481 e. The Kier molecular flexibility index (Phi) is 10.9. The molecule has 0 radical (unpaired) electrons.